The van der Waals surface area contributed by atoms with Gasteiger partial charge in [0, 0.05) is 18.5 Å². The first kappa shape index (κ1) is 16.1. The number of hydrogen-bond acceptors (Lipinski definition) is 3. The molecule has 2 aromatic carbocycles. The van der Waals surface area contributed by atoms with Crippen molar-refractivity contribution in [2.75, 3.05) is 13.2 Å². The highest BCUT2D eigenvalue weighted by atomic mass is 16.5. The Morgan fingerprint density at radius 2 is 1.71 bits per heavy atom. The molecule has 2 amide bonds. The van der Waals surface area contributed by atoms with Crippen molar-refractivity contribution in [3.63, 3.8) is 0 Å². The summed E-state index contributed by atoms with van der Waals surface area (Å²) >= 11 is 0. The molecule has 0 saturated carbocycles. The van der Waals surface area contributed by atoms with Crippen LogP contribution in [0.2, 0.25) is 0 Å². The first-order valence-electron chi connectivity index (χ1n) is 7.99. The maximum absolute atomic E-state index is 11.9. The molecule has 0 saturated heterocycles. The van der Waals surface area contributed by atoms with Gasteiger partial charge in [0.05, 0.1) is 0 Å². The number of carbonyl (C=O) groups is 2. The van der Waals surface area contributed by atoms with Crippen LogP contribution in [0.25, 0.3) is 11.1 Å². The predicted octanol–water partition coefficient (Wildman–Crippen LogP) is 2.66. The molecule has 2 aromatic rings. The summed E-state index contributed by atoms with van der Waals surface area (Å²) in [6, 6.07) is 16.2. The Labute approximate surface area is 141 Å². The number of hydrogen-bond donors (Lipinski definition) is 2. The molecule has 0 unspecified atom stereocenters. The molecule has 1 aliphatic rings. The number of alkyl carbamates (subject to hydrolysis) is 1. The van der Waals surface area contributed by atoms with E-state index in [9.17, 15) is 9.59 Å². The molecule has 0 heterocycles. The van der Waals surface area contributed by atoms with E-state index in [0.717, 1.165) is 0 Å². The lowest BCUT2D eigenvalue weighted by atomic mass is 9.98. The average Bonchev–Trinajstić information content (AvgIpc) is 2.92. The molecule has 0 spiro atoms. The molecule has 0 aromatic heterocycles. The predicted molar refractivity (Wildman–Crippen MR) is 91.7 cm³/mol. The number of nitrogens with one attached hydrogen (secondary N) is 2. The minimum absolute atomic E-state index is 0.0477. The van der Waals surface area contributed by atoms with E-state index in [-0.39, 0.29) is 18.6 Å². The van der Waals surface area contributed by atoms with E-state index in [2.05, 4.69) is 34.9 Å². The van der Waals surface area contributed by atoms with Gasteiger partial charge in [-0.1, -0.05) is 48.5 Å². The van der Waals surface area contributed by atoms with Crippen molar-refractivity contribution in [3.8, 4) is 11.1 Å². The van der Waals surface area contributed by atoms with Crippen molar-refractivity contribution >= 4 is 12.5 Å². The first-order valence-corrected chi connectivity index (χ1v) is 7.99. The molecule has 0 radical (unpaired) electrons. The van der Waals surface area contributed by atoms with Crippen LogP contribution in [0.4, 0.5) is 4.79 Å². The van der Waals surface area contributed by atoms with E-state index in [0.29, 0.717) is 13.0 Å². The van der Waals surface area contributed by atoms with Crippen LogP contribution in [0.1, 0.15) is 24.0 Å². The molecule has 5 heteroatoms. The largest absolute Gasteiger partial charge is 0.449 e. The zero-order valence-corrected chi connectivity index (χ0v) is 13.5. The smallest absolute Gasteiger partial charge is 0.407 e. The van der Waals surface area contributed by atoms with Gasteiger partial charge in [-0.25, -0.2) is 4.79 Å². The first-order chi connectivity index (χ1) is 11.7. The monoisotopic (exact) mass is 324 g/mol. The van der Waals surface area contributed by atoms with Crippen LogP contribution >= 0.6 is 0 Å². The minimum Gasteiger partial charge on any atom is -0.449 e. The lowest BCUT2D eigenvalue weighted by Crippen LogP contribution is -2.40. The highest BCUT2D eigenvalue weighted by Crippen LogP contribution is 2.44. The summed E-state index contributed by atoms with van der Waals surface area (Å²) in [7, 11) is 0. The summed E-state index contributed by atoms with van der Waals surface area (Å²) in [5, 5.41) is 5.23. The van der Waals surface area contributed by atoms with Crippen LogP contribution in [-0.2, 0) is 9.53 Å². The van der Waals surface area contributed by atoms with Crippen molar-refractivity contribution in [2.24, 2.45) is 0 Å². The number of fused-ring (bicyclic) bond motifs is 3. The second-order valence-electron chi connectivity index (χ2n) is 5.90. The third kappa shape index (κ3) is 3.25. The van der Waals surface area contributed by atoms with Crippen LogP contribution in [-0.4, -0.2) is 31.7 Å². The van der Waals surface area contributed by atoms with Crippen LogP contribution in [0.5, 0.6) is 0 Å². The molecule has 0 bridgehead atoms. The molecule has 124 valence electrons. The van der Waals surface area contributed by atoms with Gasteiger partial charge in [-0.3, -0.25) is 4.79 Å². The van der Waals surface area contributed by atoms with E-state index < -0.39 is 6.09 Å². The fourth-order valence-electron chi connectivity index (χ4n) is 3.12. The normalized spacial score (nSPS) is 13.5. The fraction of sp³-hybridized carbons (Fsp3) is 0.263. The Kier molecular flexibility index (Phi) is 4.79. The van der Waals surface area contributed by atoms with Gasteiger partial charge in [-0.15, -0.1) is 0 Å². The maximum Gasteiger partial charge on any atom is 0.407 e. The Hall–Kier alpha value is -2.82. The van der Waals surface area contributed by atoms with Gasteiger partial charge in [0.15, 0.2) is 0 Å². The van der Waals surface area contributed by atoms with Gasteiger partial charge >= 0.3 is 6.09 Å². The highest BCUT2D eigenvalue weighted by Gasteiger charge is 2.29. The van der Waals surface area contributed by atoms with Crippen LogP contribution in [0.15, 0.2) is 48.5 Å². The van der Waals surface area contributed by atoms with Crippen molar-refractivity contribution in [1.82, 2.24) is 10.6 Å². The summed E-state index contributed by atoms with van der Waals surface area (Å²) in [6.07, 6.45) is 0.132. The van der Waals surface area contributed by atoms with Crippen molar-refractivity contribution < 1.29 is 14.3 Å². The lowest BCUT2D eigenvalue weighted by molar-refractivity contribution is -0.109. The average molecular weight is 324 g/mol. The molecule has 0 aliphatic heterocycles. The minimum atomic E-state index is -0.475. The van der Waals surface area contributed by atoms with Crippen LogP contribution < -0.4 is 10.6 Å². The van der Waals surface area contributed by atoms with E-state index in [1.54, 1.807) is 6.92 Å². The topological polar surface area (TPSA) is 67.4 Å². The summed E-state index contributed by atoms with van der Waals surface area (Å²) in [4.78, 5) is 22.2. The second-order valence-corrected chi connectivity index (χ2v) is 5.90. The Morgan fingerprint density at radius 3 is 2.29 bits per heavy atom. The Morgan fingerprint density at radius 1 is 1.12 bits per heavy atom. The number of benzene rings is 2. The Balaban J connectivity index is 1.67. The van der Waals surface area contributed by atoms with E-state index in [1.807, 2.05) is 24.3 Å². The Bertz CT molecular complexity index is 699. The van der Waals surface area contributed by atoms with Gasteiger partial charge in [-0.2, -0.15) is 0 Å². The summed E-state index contributed by atoms with van der Waals surface area (Å²) in [5.41, 5.74) is 4.76. The highest BCUT2D eigenvalue weighted by molar-refractivity contribution is 5.79. The summed E-state index contributed by atoms with van der Waals surface area (Å²) < 4.78 is 5.42. The molecular formula is C19H20N2O3. The molecule has 5 nitrogen and oxygen atoms in total. The molecule has 1 atom stereocenters. The number of rotatable bonds is 6. The van der Waals surface area contributed by atoms with E-state index in [4.69, 9.17) is 4.74 Å². The molecule has 0 fully saturated rings. The summed E-state index contributed by atoms with van der Waals surface area (Å²) in [6.45, 7) is 2.46. The van der Waals surface area contributed by atoms with E-state index >= 15 is 0 Å². The van der Waals surface area contributed by atoms with Gasteiger partial charge < -0.3 is 15.4 Å². The van der Waals surface area contributed by atoms with Crippen molar-refractivity contribution in [2.45, 2.75) is 18.9 Å². The number of amides is 2. The molecule has 3 rings (SSSR count). The number of ether oxygens (including phenoxy) is 1. The van der Waals surface area contributed by atoms with Crippen LogP contribution in [0, 0.1) is 0 Å². The van der Waals surface area contributed by atoms with Crippen molar-refractivity contribution in [3.05, 3.63) is 59.7 Å². The SMILES string of the molecule is C[C@@H](CNC=O)NC(=O)OCC1c2ccccc2-c2ccccc21. The summed E-state index contributed by atoms with van der Waals surface area (Å²) in [5.74, 6) is 0.0477. The maximum atomic E-state index is 11.9. The zero-order valence-electron chi connectivity index (χ0n) is 13.5. The standard InChI is InChI=1S/C19H20N2O3/c1-13(10-20-12-22)21-19(23)24-11-18-16-8-4-2-6-14(16)15-7-3-5-9-17(15)18/h2-9,12-13,18H,10-11H2,1H3,(H,20,22)(H,21,23)/t13-/m0/s1. The van der Waals surface area contributed by atoms with Gasteiger partial charge in [0.25, 0.3) is 0 Å². The van der Waals surface area contributed by atoms with Crippen LogP contribution in [0.3, 0.4) is 0 Å². The molecule has 1 aliphatic carbocycles. The zero-order chi connectivity index (χ0) is 16.9. The fourth-order valence-corrected chi connectivity index (χ4v) is 3.12. The third-order valence-corrected chi connectivity index (χ3v) is 4.22. The molecule has 24 heavy (non-hydrogen) atoms. The van der Waals surface area contributed by atoms with E-state index in [1.165, 1.54) is 22.3 Å². The quantitative estimate of drug-likeness (QED) is 0.803. The third-order valence-electron chi connectivity index (χ3n) is 4.22. The lowest BCUT2D eigenvalue weighted by Gasteiger charge is -2.17. The molecule has 2 N–H and O–H groups in total. The number of carbonyl (C=O) groups excluding carboxylic acids is 2. The second kappa shape index (κ2) is 7.17. The molecular weight excluding hydrogens is 304 g/mol. The van der Waals surface area contributed by atoms with Gasteiger partial charge in [0.2, 0.25) is 6.41 Å². The van der Waals surface area contributed by atoms with Crippen molar-refractivity contribution in [1.29, 1.82) is 0 Å². The van der Waals surface area contributed by atoms with Gasteiger partial charge in [-0.05, 0) is 29.2 Å². The van der Waals surface area contributed by atoms with Gasteiger partial charge in [0.1, 0.15) is 6.61 Å².